The van der Waals surface area contributed by atoms with Crippen LogP contribution in [0, 0.1) is 15.1 Å². The number of hydrogen-bond acceptors (Lipinski definition) is 2. The Morgan fingerprint density at radius 1 is 1.35 bits per heavy atom. The van der Waals surface area contributed by atoms with E-state index in [-0.39, 0.29) is 0 Å². The van der Waals surface area contributed by atoms with Gasteiger partial charge < -0.3 is 4.42 Å². The first-order valence-corrected chi connectivity index (χ1v) is 6.70. The molecule has 0 amide bonds. The number of nitriles is 1. The Balaban J connectivity index is 2.41. The number of rotatable bonds is 2. The lowest BCUT2D eigenvalue weighted by molar-refractivity contribution is 0.527. The van der Waals surface area contributed by atoms with Crippen molar-refractivity contribution in [1.82, 2.24) is 0 Å². The maximum Gasteiger partial charge on any atom is 0.178 e. The highest BCUT2D eigenvalue weighted by molar-refractivity contribution is 14.1. The minimum atomic E-state index is 0.586. The Labute approximate surface area is 121 Å². The predicted octanol–water partition coefficient (Wildman–Crippen LogP) is 4.71. The van der Waals surface area contributed by atoms with E-state index in [1.54, 1.807) is 6.08 Å². The van der Waals surface area contributed by atoms with Crippen LogP contribution in [0.3, 0.4) is 0 Å². The lowest BCUT2D eigenvalue weighted by Gasteiger charge is -1.96. The topological polar surface area (TPSA) is 36.9 Å². The van der Waals surface area contributed by atoms with Crippen LogP contribution in [0.2, 0.25) is 0 Å². The van der Waals surface area contributed by atoms with Crippen molar-refractivity contribution >= 4 is 50.2 Å². The minimum Gasteiger partial charge on any atom is -0.450 e. The van der Waals surface area contributed by atoms with Crippen LogP contribution < -0.4 is 0 Å². The number of benzene rings is 1. The van der Waals surface area contributed by atoms with Gasteiger partial charge in [0.15, 0.2) is 3.77 Å². The first-order chi connectivity index (χ1) is 8.20. The van der Waals surface area contributed by atoms with Crippen LogP contribution in [0.15, 0.2) is 45.3 Å². The highest BCUT2D eigenvalue weighted by Gasteiger charge is 2.06. The van der Waals surface area contributed by atoms with E-state index in [2.05, 4.69) is 44.6 Å². The standard InChI is InChI=1S/C13H7BrINO/c14-12-7-11(17-13(12)15)6-10(8-16)9-4-2-1-3-5-9/h1-7H/b10-6-. The van der Waals surface area contributed by atoms with E-state index in [0.717, 1.165) is 13.8 Å². The van der Waals surface area contributed by atoms with Crippen molar-refractivity contribution in [3.8, 4) is 6.07 Å². The van der Waals surface area contributed by atoms with Gasteiger partial charge in [0.05, 0.1) is 16.1 Å². The smallest absolute Gasteiger partial charge is 0.178 e. The van der Waals surface area contributed by atoms with Crippen molar-refractivity contribution in [1.29, 1.82) is 5.26 Å². The molecule has 0 aliphatic heterocycles. The van der Waals surface area contributed by atoms with Gasteiger partial charge in [0.1, 0.15) is 5.76 Å². The van der Waals surface area contributed by atoms with Gasteiger partial charge in [0, 0.05) is 22.6 Å². The molecule has 1 aromatic carbocycles. The fourth-order valence-electron chi connectivity index (χ4n) is 1.37. The molecule has 0 fully saturated rings. The average Bonchev–Trinajstić information content (AvgIpc) is 2.67. The van der Waals surface area contributed by atoms with Crippen LogP contribution in [-0.2, 0) is 0 Å². The molecule has 0 bridgehead atoms. The summed E-state index contributed by atoms with van der Waals surface area (Å²) in [6.07, 6.45) is 1.74. The molecular weight excluding hydrogens is 393 g/mol. The van der Waals surface area contributed by atoms with Gasteiger partial charge >= 0.3 is 0 Å². The summed E-state index contributed by atoms with van der Waals surface area (Å²) in [6, 6.07) is 13.6. The second-order valence-corrected chi connectivity index (χ2v) is 5.14. The van der Waals surface area contributed by atoms with E-state index < -0.39 is 0 Å². The van der Waals surface area contributed by atoms with Crippen LogP contribution in [0.1, 0.15) is 11.3 Å². The van der Waals surface area contributed by atoms with Gasteiger partial charge in [-0.1, -0.05) is 30.3 Å². The summed E-state index contributed by atoms with van der Waals surface area (Å²) in [5, 5.41) is 9.14. The zero-order chi connectivity index (χ0) is 12.3. The third-order valence-electron chi connectivity index (χ3n) is 2.16. The third-order valence-corrected chi connectivity index (χ3v) is 4.29. The van der Waals surface area contributed by atoms with E-state index in [0.29, 0.717) is 11.3 Å². The molecule has 84 valence electrons. The Bertz CT molecular complexity index is 576. The summed E-state index contributed by atoms with van der Waals surface area (Å²) in [5.41, 5.74) is 1.47. The molecular formula is C13H7BrINO. The van der Waals surface area contributed by atoms with Crippen molar-refractivity contribution in [2.24, 2.45) is 0 Å². The average molecular weight is 400 g/mol. The molecule has 0 radical (unpaired) electrons. The maximum atomic E-state index is 9.14. The molecule has 0 N–H and O–H groups in total. The monoisotopic (exact) mass is 399 g/mol. The highest BCUT2D eigenvalue weighted by Crippen LogP contribution is 2.26. The zero-order valence-electron chi connectivity index (χ0n) is 8.65. The molecule has 1 aromatic heterocycles. The minimum absolute atomic E-state index is 0.586. The van der Waals surface area contributed by atoms with Crippen molar-refractivity contribution in [3.63, 3.8) is 0 Å². The number of halogens is 2. The summed E-state index contributed by atoms with van der Waals surface area (Å²) in [7, 11) is 0. The molecule has 0 aliphatic rings. The van der Waals surface area contributed by atoms with Crippen LogP contribution in [0.5, 0.6) is 0 Å². The highest BCUT2D eigenvalue weighted by atomic mass is 127. The van der Waals surface area contributed by atoms with Crippen molar-refractivity contribution in [2.45, 2.75) is 0 Å². The van der Waals surface area contributed by atoms with Crippen LogP contribution >= 0.6 is 38.5 Å². The zero-order valence-corrected chi connectivity index (χ0v) is 12.4. The first-order valence-electron chi connectivity index (χ1n) is 4.83. The third kappa shape index (κ3) is 2.99. The molecule has 2 aromatic rings. The molecule has 2 rings (SSSR count). The van der Waals surface area contributed by atoms with Gasteiger partial charge in [-0.25, -0.2) is 0 Å². The molecule has 0 saturated heterocycles. The van der Waals surface area contributed by atoms with Gasteiger partial charge in [-0.2, -0.15) is 5.26 Å². The molecule has 0 saturated carbocycles. The lowest BCUT2D eigenvalue weighted by Crippen LogP contribution is -1.79. The quantitative estimate of drug-likeness (QED) is 0.541. The maximum absolute atomic E-state index is 9.14. The molecule has 0 aliphatic carbocycles. The van der Waals surface area contributed by atoms with E-state index in [1.165, 1.54) is 0 Å². The Hall–Kier alpha value is -1.06. The van der Waals surface area contributed by atoms with Crippen molar-refractivity contribution < 1.29 is 4.42 Å². The summed E-state index contributed by atoms with van der Waals surface area (Å²) in [4.78, 5) is 0. The van der Waals surface area contributed by atoms with Crippen LogP contribution in [0.4, 0.5) is 0 Å². The number of furan rings is 1. The Morgan fingerprint density at radius 2 is 2.06 bits per heavy atom. The summed E-state index contributed by atoms with van der Waals surface area (Å²) in [6.45, 7) is 0. The molecule has 2 nitrogen and oxygen atoms in total. The van der Waals surface area contributed by atoms with Crippen LogP contribution in [-0.4, -0.2) is 0 Å². The molecule has 0 unspecified atom stereocenters. The number of allylic oxidation sites excluding steroid dienone is 1. The van der Waals surface area contributed by atoms with Gasteiger partial charge in [0.2, 0.25) is 0 Å². The second-order valence-electron chi connectivity index (χ2n) is 3.31. The van der Waals surface area contributed by atoms with Gasteiger partial charge in [-0.15, -0.1) is 0 Å². The van der Waals surface area contributed by atoms with E-state index in [9.17, 15) is 0 Å². The largest absolute Gasteiger partial charge is 0.450 e. The van der Waals surface area contributed by atoms with E-state index in [1.807, 2.05) is 36.4 Å². The second kappa shape index (κ2) is 5.52. The van der Waals surface area contributed by atoms with E-state index >= 15 is 0 Å². The van der Waals surface area contributed by atoms with Gasteiger partial charge in [0.25, 0.3) is 0 Å². The Morgan fingerprint density at radius 3 is 2.59 bits per heavy atom. The van der Waals surface area contributed by atoms with Crippen molar-refractivity contribution in [3.05, 3.63) is 56.0 Å². The Kier molecular flexibility index (Phi) is 4.02. The SMILES string of the molecule is N#C/C(=C/c1cc(Br)c(I)o1)c1ccccc1. The van der Waals surface area contributed by atoms with E-state index in [4.69, 9.17) is 9.68 Å². The summed E-state index contributed by atoms with van der Waals surface area (Å²) < 4.78 is 7.16. The molecule has 4 heteroatoms. The summed E-state index contributed by atoms with van der Waals surface area (Å²) in [5.74, 6) is 0.668. The first kappa shape index (κ1) is 12.4. The predicted molar refractivity (Wildman–Crippen MR) is 79.1 cm³/mol. The lowest BCUT2D eigenvalue weighted by atomic mass is 10.1. The molecule has 1 heterocycles. The van der Waals surface area contributed by atoms with Crippen LogP contribution in [0.25, 0.3) is 11.6 Å². The molecule has 17 heavy (non-hydrogen) atoms. The molecule has 0 spiro atoms. The summed E-state index contributed by atoms with van der Waals surface area (Å²) >= 11 is 5.46. The number of hydrogen-bond donors (Lipinski definition) is 0. The molecule has 0 atom stereocenters. The fraction of sp³-hybridized carbons (Fsp3) is 0. The normalized spacial score (nSPS) is 11.2. The van der Waals surface area contributed by atoms with Crippen molar-refractivity contribution in [2.75, 3.05) is 0 Å². The number of nitrogens with zero attached hydrogens (tertiary/aromatic N) is 1. The van der Waals surface area contributed by atoms with Gasteiger partial charge in [-0.05, 0) is 33.6 Å². The fourth-order valence-corrected chi connectivity index (χ4v) is 2.09. The van der Waals surface area contributed by atoms with Gasteiger partial charge in [-0.3, -0.25) is 0 Å².